The Morgan fingerprint density at radius 3 is 1.92 bits per heavy atom. The fraction of sp³-hybridized carbons (Fsp3) is 0.900. The summed E-state index contributed by atoms with van der Waals surface area (Å²) in [7, 11) is 0. The number of carbonyl (C=O) groups is 2. The maximum Gasteiger partial charge on any atom is 0.407 e. The molecular formula is C20H39NO4. The monoisotopic (exact) mass is 357 g/mol. The van der Waals surface area contributed by atoms with Crippen LogP contribution in [0.5, 0.6) is 0 Å². The molecule has 0 aliphatic rings. The molecule has 0 aliphatic carbocycles. The summed E-state index contributed by atoms with van der Waals surface area (Å²) in [4.78, 5) is 24.1. The molecule has 0 fully saturated rings. The zero-order valence-electron chi connectivity index (χ0n) is 16.6. The Balaban J connectivity index is 4.20. The van der Waals surface area contributed by atoms with Crippen molar-refractivity contribution in [2.45, 2.75) is 104 Å². The Labute approximate surface area is 154 Å². The van der Waals surface area contributed by atoms with Crippen molar-refractivity contribution in [2.24, 2.45) is 0 Å². The number of rotatable bonds is 16. The van der Waals surface area contributed by atoms with E-state index in [-0.39, 0.29) is 5.97 Å². The minimum atomic E-state index is -0.596. The summed E-state index contributed by atoms with van der Waals surface area (Å²) in [5.41, 5.74) is 0. The van der Waals surface area contributed by atoms with E-state index in [0.29, 0.717) is 19.6 Å². The Hall–Kier alpha value is -1.26. The number of alkyl carbamates (subject to hydrolysis) is 1. The van der Waals surface area contributed by atoms with Gasteiger partial charge in [0.2, 0.25) is 0 Å². The van der Waals surface area contributed by atoms with Crippen LogP contribution in [0.1, 0.15) is 97.8 Å². The van der Waals surface area contributed by atoms with Crippen LogP contribution in [0.3, 0.4) is 0 Å². The molecule has 1 amide bonds. The molecule has 1 N–H and O–H groups in total. The maximum absolute atomic E-state index is 12.3. The molecule has 0 aromatic carbocycles. The summed E-state index contributed by atoms with van der Waals surface area (Å²) in [6.45, 7) is 7.18. The van der Waals surface area contributed by atoms with Gasteiger partial charge in [-0.25, -0.2) is 9.59 Å². The van der Waals surface area contributed by atoms with Gasteiger partial charge in [0.1, 0.15) is 6.04 Å². The molecule has 148 valence electrons. The van der Waals surface area contributed by atoms with Crippen molar-refractivity contribution in [3.63, 3.8) is 0 Å². The first-order chi connectivity index (χ1) is 12.2. The van der Waals surface area contributed by atoms with E-state index in [0.717, 1.165) is 51.4 Å². The van der Waals surface area contributed by atoms with E-state index in [1.54, 1.807) is 0 Å². The highest BCUT2D eigenvalue weighted by atomic mass is 16.6. The van der Waals surface area contributed by atoms with E-state index >= 15 is 0 Å². The first-order valence-electron chi connectivity index (χ1n) is 10.3. The molecule has 1 atom stereocenters. The SMILES string of the molecule is CCCCCCCOC(=O)C(CCCCCC)NC(=O)OCCCC. The van der Waals surface area contributed by atoms with Crippen LogP contribution in [-0.2, 0) is 14.3 Å². The molecule has 0 radical (unpaired) electrons. The molecule has 0 bridgehead atoms. The fourth-order valence-corrected chi connectivity index (χ4v) is 2.50. The highest BCUT2D eigenvalue weighted by Gasteiger charge is 2.22. The van der Waals surface area contributed by atoms with Gasteiger partial charge in [0.05, 0.1) is 13.2 Å². The average Bonchev–Trinajstić information content (AvgIpc) is 2.60. The van der Waals surface area contributed by atoms with Crippen molar-refractivity contribution in [1.82, 2.24) is 5.32 Å². The van der Waals surface area contributed by atoms with Crippen LogP contribution in [0.2, 0.25) is 0 Å². The standard InChI is InChI=1S/C20H39NO4/c1-4-7-10-12-14-17-24-19(22)18(15-13-11-8-5-2)21-20(23)25-16-9-6-3/h18H,4-17H2,1-3H3,(H,21,23). The van der Waals surface area contributed by atoms with Crippen LogP contribution < -0.4 is 5.32 Å². The number of esters is 1. The highest BCUT2D eigenvalue weighted by Crippen LogP contribution is 2.09. The van der Waals surface area contributed by atoms with Crippen molar-refractivity contribution in [2.75, 3.05) is 13.2 Å². The zero-order valence-corrected chi connectivity index (χ0v) is 16.6. The van der Waals surface area contributed by atoms with Crippen LogP contribution in [0, 0.1) is 0 Å². The third kappa shape index (κ3) is 14.8. The molecule has 0 saturated heterocycles. The Bertz CT molecular complexity index is 334. The second kappa shape index (κ2) is 17.6. The van der Waals surface area contributed by atoms with Gasteiger partial charge in [-0.3, -0.25) is 0 Å². The van der Waals surface area contributed by atoms with Crippen LogP contribution in [0.4, 0.5) is 4.79 Å². The van der Waals surface area contributed by atoms with Crippen LogP contribution >= 0.6 is 0 Å². The lowest BCUT2D eigenvalue weighted by Gasteiger charge is -2.17. The molecule has 0 aliphatic heterocycles. The first kappa shape index (κ1) is 23.7. The Morgan fingerprint density at radius 1 is 0.720 bits per heavy atom. The largest absolute Gasteiger partial charge is 0.464 e. The Kier molecular flexibility index (Phi) is 16.7. The van der Waals surface area contributed by atoms with Gasteiger partial charge in [0.25, 0.3) is 0 Å². The number of amides is 1. The van der Waals surface area contributed by atoms with Crippen molar-refractivity contribution in [3.8, 4) is 0 Å². The molecule has 1 unspecified atom stereocenters. The minimum absolute atomic E-state index is 0.334. The minimum Gasteiger partial charge on any atom is -0.464 e. The smallest absolute Gasteiger partial charge is 0.407 e. The van der Waals surface area contributed by atoms with E-state index in [4.69, 9.17) is 9.47 Å². The summed E-state index contributed by atoms with van der Waals surface area (Å²) in [5, 5.41) is 2.68. The molecule has 0 saturated carbocycles. The average molecular weight is 358 g/mol. The van der Waals surface area contributed by atoms with Crippen LogP contribution in [0.15, 0.2) is 0 Å². The summed E-state index contributed by atoms with van der Waals surface area (Å²) < 4.78 is 10.5. The van der Waals surface area contributed by atoms with Gasteiger partial charge >= 0.3 is 12.1 Å². The van der Waals surface area contributed by atoms with Crippen LogP contribution in [0.25, 0.3) is 0 Å². The number of carbonyl (C=O) groups excluding carboxylic acids is 2. The van der Waals surface area contributed by atoms with E-state index in [1.165, 1.54) is 19.3 Å². The molecule has 5 heteroatoms. The van der Waals surface area contributed by atoms with Crippen LogP contribution in [-0.4, -0.2) is 31.3 Å². The summed E-state index contributed by atoms with van der Waals surface area (Å²) in [5.74, 6) is -0.334. The van der Waals surface area contributed by atoms with Crippen molar-refractivity contribution in [3.05, 3.63) is 0 Å². The van der Waals surface area contributed by atoms with Gasteiger partial charge in [-0.2, -0.15) is 0 Å². The normalized spacial score (nSPS) is 11.8. The summed E-state index contributed by atoms with van der Waals surface area (Å²) >= 11 is 0. The van der Waals surface area contributed by atoms with E-state index in [2.05, 4.69) is 19.2 Å². The molecule has 0 heterocycles. The van der Waals surface area contributed by atoms with Gasteiger partial charge in [0, 0.05) is 0 Å². The molecule has 0 aromatic heterocycles. The summed E-state index contributed by atoms with van der Waals surface area (Å²) in [6.07, 6.45) is 11.7. The van der Waals surface area contributed by atoms with Gasteiger partial charge in [0.15, 0.2) is 0 Å². The van der Waals surface area contributed by atoms with Gasteiger partial charge < -0.3 is 14.8 Å². The van der Waals surface area contributed by atoms with E-state index < -0.39 is 12.1 Å². The lowest BCUT2D eigenvalue weighted by atomic mass is 10.1. The first-order valence-corrected chi connectivity index (χ1v) is 10.3. The lowest BCUT2D eigenvalue weighted by molar-refractivity contribution is -0.146. The molecule has 5 nitrogen and oxygen atoms in total. The highest BCUT2D eigenvalue weighted by molar-refractivity contribution is 5.81. The number of nitrogens with one attached hydrogen (secondary N) is 1. The van der Waals surface area contributed by atoms with Crippen molar-refractivity contribution < 1.29 is 19.1 Å². The number of ether oxygens (including phenoxy) is 2. The van der Waals surface area contributed by atoms with E-state index in [1.807, 2.05) is 6.92 Å². The summed E-state index contributed by atoms with van der Waals surface area (Å²) in [6, 6.07) is -0.596. The topological polar surface area (TPSA) is 64.6 Å². The third-order valence-electron chi connectivity index (χ3n) is 4.15. The lowest BCUT2D eigenvalue weighted by Crippen LogP contribution is -2.42. The second-order valence-corrected chi connectivity index (χ2v) is 6.62. The molecule has 25 heavy (non-hydrogen) atoms. The van der Waals surface area contributed by atoms with Gasteiger partial charge in [-0.05, 0) is 19.3 Å². The number of hydrogen-bond acceptors (Lipinski definition) is 4. The predicted octanol–water partition coefficient (Wildman–Crippen LogP) is 5.37. The molecular weight excluding hydrogens is 318 g/mol. The fourth-order valence-electron chi connectivity index (χ4n) is 2.50. The maximum atomic E-state index is 12.3. The van der Waals surface area contributed by atoms with E-state index in [9.17, 15) is 9.59 Å². The number of hydrogen-bond donors (Lipinski definition) is 1. The molecule has 0 rings (SSSR count). The Morgan fingerprint density at radius 2 is 1.28 bits per heavy atom. The molecule has 0 spiro atoms. The van der Waals surface area contributed by atoms with Gasteiger partial charge in [-0.15, -0.1) is 0 Å². The third-order valence-corrected chi connectivity index (χ3v) is 4.15. The second-order valence-electron chi connectivity index (χ2n) is 6.62. The van der Waals surface area contributed by atoms with Crippen molar-refractivity contribution >= 4 is 12.1 Å². The van der Waals surface area contributed by atoms with Gasteiger partial charge in [-0.1, -0.05) is 78.6 Å². The quantitative estimate of drug-likeness (QED) is 0.298. The van der Waals surface area contributed by atoms with Crippen molar-refractivity contribution in [1.29, 1.82) is 0 Å². The molecule has 0 aromatic rings. The zero-order chi connectivity index (χ0) is 18.8. The number of unbranched alkanes of at least 4 members (excludes halogenated alkanes) is 8. The predicted molar refractivity (Wildman–Crippen MR) is 102 cm³/mol.